The third-order valence-corrected chi connectivity index (χ3v) is 6.44. The van der Waals surface area contributed by atoms with Crippen LogP contribution in [0.15, 0.2) is 42.6 Å². The summed E-state index contributed by atoms with van der Waals surface area (Å²) in [5.41, 5.74) is 9.38. The maximum atomic E-state index is 13.1. The summed E-state index contributed by atoms with van der Waals surface area (Å²) < 4.78 is 15.1. The van der Waals surface area contributed by atoms with Gasteiger partial charge in [0.05, 0.1) is 17.3 Å². The topological polar surface area (TPSA) is 113 Å². The Bertz CT molecular complexity index is 1240. The Hall–Kier alpha value is -3.93. The van der Waals surface area contributed by atoms with Gasteiger partial charge in [-0.3, -0.25) is 4.68 Å². The highest BCUT2D eigenvalue weighted by atomic mass is 19.1. The molecule has 162 valence electrons. The molecule has 4 heterocycles. The van der Waals surface area contributed by atoms with Crippen LogP contribution in [0.1, 0.15) is 36.2 Å². The molecule has 3 aromatic rings. The maximum absolute atomic E-state index is 13.1. The summed E-state index contributed by atoms with van der Waals surface area (Å²) in [6.45, 7) is 3.89. The second kappa shape index (κ2) is 7.34. The van der Waals surface area contributed by atoms with E-state index in [0.717, 1.165) is 35.5 Å². The van der Waals surface area contributed by atoms with Crippen LogP contribution in [0, 0.1) is 17.1 Å². The lowest BCUT2D eigenvalue weighted by molar-refractivity contribution is 0.0906. The number of carbonyl (C=O) groups is 1. The molecule has 0 bridgehead atoms. The number of urea groups is 1. The van der Waals surface area contributed by atoms with Crippen molar-refractivity contribution in [2.24, 2.45) is 0 Å². The highest BCUT2D eigenvalue weighted by Crippen LogP contribution is 2.44. The molecule has 3 N–H and O–H groups in total. The first-order chi connectivity index (χ1) is 15.4. The zero-order valence-electron chi connectivity index (χ0n) is 17.5. The van der Waals surface area contributed by atoms with Crippen molar-refractivity contribution in [3.63, 3.8) is 0 Å². The van der Waals surface area contributed by atoms with Crippen molar-refractivity contribution >= 4 is 11.8 Å². The molecule has 1 fully saturated rings. The Morgan fingerprint density at radius 1 is 1.31 bits per heavy atom. The SMILES string of the molecule is CC(NC(=O)N1CC2(CCn3nc(-c4cnc(N)c(C#N)c4)cc32)C1)c1ccc(F)cc1. The van der Waals surface area contributed by atoms with Gasteiger partial charge in [0.25, 0.3) is 0 Å². The Morgan fingerprint density at radius 3 is 2.78 bits per heavy atom. The molecule has 2 aliphatic heterocycles. The number of nitriles is 1. The van der Waals surface area contributed by atoms with Gasteiger partial charge >= 0.3 is 6.03 Å². The average molecular weight is 431 g/mol. The minimum Gasteiger partial charge on any atom is -0.383 e. The predicted octanol–water partition coefficient (Wildman–Crippen LogP) is 2.97. The number of pyridine rings is 1. The third kappa shape index (κ3) is 3.24. The predicted molar refractivity (Wildman–Crippen MR) is 116 cm³/mol. The Morgan fingerprint density at radius 2 is 2.06 bits per heavy atom. The van der Waals surface area contributed by atoms with Gasteiger partial charge < -0.3 is 16.0 Å². The summed E-state index contributed by atoms with van der Waals surface area (Å²) >= 11 is 0. The van der Waals surface area contributed by atoms with Crippen LogP contribution in [-0.2, 0) is 12.0 Å². The fraction of sp³-hybridized carbons (Fsp3) is 0.304. The second-order valence-corrected chi connectivity index (χ2v) is 8.52. The van der Waals surface area contributed by atoms with Gasteiger partial charge in [0.1, 0.15) is 17.7 Å². The summed E-state index contributed by atoms with van der Waals surface area (Å²) in [4.78, 5) is 18.6. The number of carbonyl (C=O) groups excluding carboxylic acids is 1. The van der Waals surface area contributed by atoms with Crippen molar-refractivity contribution in [3.05, 3.63) is 65.2 Å². The number of halogens is 1. The number of rotatable bonds is 3. The molecule has 0 aliphatic carbocycles. The highest BCUT2D eigenvalue weighted by molar-refractivity contribution is 5.76. The monoisotopic (exact) mass is 431 g/mol. The number of aryl methyl sites for hydroxylation is 1. The van der Waals surface area contributed by atoms with E-state index in [9.17, 15) is 14.4 Å². The van der Waals surface area contributed by atoms with Gasteiger partial charge in [-0.15, -0.1) is 0 Å². The molecule has 1 aromatic carbocycles. The van der Waals surface area contributed by atoms with E-state index < -0.39 is 0 Å². The van der Waals surface area contributed by atoms with Crippen molar-refractivity contribution in [2.45, 2.75) is 31.3 Å². The molecular formula is C23H22FN7O. The van der Waals surface area contributed by atoms with Crippen LogP contribution < -0.4 is 11.1 Å². The zero-order chi connectivity index (χ0) is 22.5. The van der Waals surface area contributed by atoms with E-state index >= 15 is 0 Å². The average Bonchev–Trinajstić information content (AvgIpc) is 3.33. The smallest absolute Gasteiger partial charge is 0.317 e. The number of hydrogen-bond acceptors (Lipinski definition) is 5. The van der Waals surface area contributed by atoms with Gasteiger partial charge in [0.15, 0.2) is 0 Å². The first-order valence-corrected chi connectivity index (χ1v) is 10.4. The van der Waals surface area contributed by atoms with E-state index in [2.05, 4.69) is 15.4 Å². The zero-order valence-corrected chi connectivity index (χ0v) is 17.5. The number of nitrogens with one attached hydrogen (secondary N) is 1. The van der Waals surface area contributed by atoms with E-state index in [1.54, 1.807) is 29.3 Å². The first-order valence-electron chi connectivity index (χ1n) is 10.4. The lowest BCUT2D eigenvalue weighted by Gasteiger charge is -2.47. The number of nitrogen functional groups attached to an aromatic ring is 1. The molecule has 32 heavy (non-hydrogen) atoms. The second-order valence-electron chi connectivity index (χ2n) is 8.52. The van der Waals surface area contributed by atoms with Crippen LogP contribution in [0.3, 0.4) is 0 Å². The van der Waals surface area contributed by atoms with Crippen molar-refractivity contribution in [3.8, 4) is 17.3 Å². The van der Waals surface area contributed by atoms with Crippen LogP contribution in [0.25, 0.3) is 11.3 Å². The van der Waals surface area contributed by atoms with Gasteiger partial charge in [-0.1, -0.05) is 12.1 Å². The molecule has 1 saturated heterocycles. The molecule has 5 rings (SSSR count). The fourth-order valence-electron chi connectivity index (χ4n) is 4.57. The first kappa shape index (κ1) is 20.0. The Balaban J connectivity index is 1.28. The lowest BCUT2D eigenvalue weighted by Crippen LogP contribution is -2.62. The van der Waals surface area contributed by atoms with Gasteiger partial charge in [-0.25, -0.2) is 14.2 Å². The molecule has 2 amide bonds. The van der Waals surface area contributed by atoms with Crippen molar-refractivity contribution in [1.29, 1.82) is 5.26 Å². The molecule has 2 aliphatic rings. The number of likely N-dealkylation sites (tertiary alicyclic amines) is 1. The number of hydrogen-bond donors (Lipinski definition) is 2. The van der Waals surface area contributed by atoms with Gasteiger partial charge in [0.2, 0.25) is 0 Å². The molecule has 1 atom stereocenters. The van der Waals surface area contributed by atoms with E-state index in [4.69, 9.17) is 5.73 Å². The minimum atomic E-state index is -0.298. The Kier molecular flexibility index (Phi) is 4.59. The number of nitrogens with two attached hydrogens (primary N) is 1. The van der Waals surface area contributed by atoms with Gasteiger partial charge in [-0.05, 0) is 43.2 Å². The number of amides is 2. The van der Waals surface area contributed by atoms with Crippen LogP contribution in [0.4, 0.5) is 15.0 Å². The number of fused-ring (bicyclic) bond motifs is 2. The minimum absolute atomic E-state index is 0.110. The number of benzene rings is 1. The van der Waals surface area contributed by atoms with Crippen molar-refractivity contribution in [2.75, 3.05) is 18.8 Å². The molecule has 9 heteroatoms. The quantitative estimate of drug-likeness (QED) is 0.662. The third-order valence-electron chi connectivity index (χ3n) is 6.44. The molecule has 0 radical (unpaired) electrons. The van der Waals surface area contributed by atoms with Crippen molar-refractivity contribution in [1.82, 2.24) is 25.0 Å². The standard InChI is InChI=1S/C23H22FN7O/c1-14(15-2-4-18(24)5-3-15)28-22(32)30-12-23(13-30)6-7-31-20(23)9-19(29-31)17-8-16(10-25)21(26)27-11-17/h2-5,8-9,11,14H,6-7,12-13H2,1H3,(H2,26,27)(H,28,32). The molecule has 0 saturated carbocycles. The van der Waals surface area contributed by atoms with Crippen LogP contribution in [0.5, 0.6) is 0 Å². The summed E-state index contributed by atoms with van der Waals surface area (Å²) in [7, 11) is 0. The van der Waals surface area contributed by atoms with Crippen LogP contribution in [-0.4, -0.2) is 38.8 Å². The fourth-order valence-corrected chi connectivity index (χ4v) is 4.57. The van der Waals surface area contributed by atoms with E-state index in [0.29, 0.717) is 18.7 Å². The maximum Gasteiger partial charge on any atom is 0.317 e. The molecule has 1 spiro atoms. The number of nitrogens with zero attached hydrogens (tertiary/aromatic N) is 5. The highest BCUT2D eigenvalue weighted by Gasteiger charge is 2.51. The summed E-state index contributed by atoms with van der Waals surface area (Å²) in [6, 6.07) is 11.6. The molecule has 8 nitrogen and oxygen atoms in total. The summed E-state index contributed by atoms with van der Waals surface area (Å²) in [5, 5.41) is 16.9. The van der Waals surface area contributed by atoms with Gasteiger partial charge in [-0.2, -0.15) is 10.4 Å². The molecular weight excluding hydrogens is 409 g/mol. The largest absolute Gasteiger partial charge is 0.383 e. The van der Waals surface area contributed by atoms with Crippen LogP contribution in [0.2, 0.25) is 0 Å². The molecule has 2 aromatic heterocycles. The lowest BCUT2D eigenvalue weighted by atomic mass is 9.76. The summed E-state index contributed by atoms with van der Waals surface area (Å²) in [5.74, 6) is -0.0947. The van der Waals surface area contributed by atoms with Gasteiger partial charge in [0, 0.05) is 42.5 Å². The van der Waals surface area contributed by atoms with Crippen molar-refractivity contribution < 1.29 is 9.18 Å². The summed E-state index contributed by atoms with van der Waals surface area (Å²) in [6.07, 6.45) is 2.55. The number of anilines is 1. The van der Waals surface area contributed by atoms with E-state index in [1.807, 2.05) is 23.7 Å². The van der Waals surface area contributed by atoms with Crippen LogP contribution >= 0.6 is 0 Å². The normalized spacial score (nSPS) is 16.8. The van der Waals surface area contributed by atoms with E-state index in [1.165, 1.54) is 12.1 Å². The Labute approximate surface area is 184 Å². The number of aromatic nitrogens is 3. The molecule has 1 unspecified atom stereocenters. The van der Waals surface area contributed by atoms with E-state index in [-0.39, 0.29) is 29.1 Å².